The average molecular weight is 194 g/mol. The Morgan fingerprint density at radius 1 is 1.36 bits per heavy atom. The molecule has 0 amide bonds. The first kappa shape index (κ1) is 10.2. The van der Waals surface area contributed by atoms with Crippen molar-refractivity contribution in [2.24, 2.45) is 11.8 Å². The Hall–Kier alpha value is -0.300. The smallest absolute Gasteiger partial charge is 0.0856 e. The highest BCUT2D eigenvalue weighted by Gasteiger charge is 2.39. The summed E-state index contributed by atoms with van der Waals surface area (Å²) in [7, 11) is 0. The predicted octanol–water partition coefficient (Wildman–Crippen LogP) is 3.28. The summed E-state index contributed by atoms with van der Waals surface area (Å²) in [6.45, 7) is 2.24. The van der Waals surface area contributed by atoms with Crippen LogP contribution in [-0.4, -0.2) is 10.7 Å². The number of hydrogen-bond acceptors (Lipinski definition) is 1. The van der Waals surface area contributed by atoms with Crippen LogP contribution in [0.2, 0.25) is 0 Å². The molecule has 0 aromatic heterocycles. The average Bonchev–Trinajstić information content (AvgIpc) is 2.06. The minimum atomic E-state index is -0.428. The lowest BCUT2D eigenvalue weighted by Gasteiger charge is -2.42. The van der Waals surface area contributed by atoms with Gasteiger partial charge in [-0.1, -0.05) is 31.9 Å². The number of aliphatic hydroxyl groups is 1. The molecule has 0 aromatic carbocycles. The molecule has 0 radical (unpaired) electrons. The summed E-state index contributed by atoms with van der Waals surface area (Å²) in [6, 6.07) is 0. The second-order valence-electron chi connectivity index (χ2n) is 5.07. The lowest BCUT2D eigenvalue weighted by molar-refractivity contribution is -0.0238. The molecule has 2 rings (SSSR count). The molecule has 80 valence electrons. The molecule has 0 saturated heterocycles. The van der Waals surface area contributed by atoms with Gasteiger partial charge in [0.1, 0.15) is 0 Å². The molecule has 1 nitrogen and oxygen atoms in total. The number of hydrogen-bond donors (Lipinski definition) is 1. The van der Waals surface area contributed by atoms with Crippen LogP contribution in [-0.2, 0) is 0 Å². The summed E-state index contributed by atoms with van der Waals surface area (Å²) in [5.74, 6) is 1.31. The summed E-state index contributed by atoms with van der Waals surface area (Å²) in [4.78, 5) is 0. The van der Waals surface area contributed by atoms with E-state index in [0.717, 1.165) is 12.3 Å². The van der Waals surface area contributed by atoms with Gasteiger partial charge in [0.15, 0.2) is 0 Å². The molecule has 2 unspecified atom stereocenters. The van der Waals surface area contributed by atoms with Crippen LogP contribution in [0.4, 0.5) is 0 Å². The molecule has 1 N–H and O–H groups in total. The van der Waals surface area contributed by atoms with Crippen molar-refractivity contribution in [3.05, 3.63) is 12.2 Å². The standard InChI is InChI=1S/C13H22O/c1-2-4-11-7-9-13(14,10-8-11)12-5-3-6-12/h7,9,11-12,14H,2-6,8,10H2,1H3. The minimum Gasteiger partial charge on any atom is -0.386 e. The van der Waals surface area contributed by atoms with E-state index in [-0.39, 0.29) is 0 Å². The van der Waals surface area contributed by atoms with Crippen LogP contribution in [0.25, 0.3) is 0 Å². The van der Waals surface area contributed by atoms with E-state index in [9.17, 15) is 5.11 Å². The fraction of sp³-hybridized carbons (Fsp3) is 0.846. The van der Waals surface area contributed by atoms with E-state index in [1.165, 1.54) is 38.5 Å². The Kier molecular flexibility index (Phi) is 2.96. The molecule has 2 aliphatic rings. The van der Waals surface area contributed by atoms with E-state index in [1.54, 1.807) is 0 Å². The third kappa shape index (κ3) is 1.88. The van der Waals surface area contributed by atoms with Crippen LogP contribution in [0.15, 0.2) is 12.2 Å². The topological polar surface area (TPSA) is 20.2 Å². The Labute approximate surface area is 87.2 Å². The van der Waals surface area contributed by atoms with Crippen molar-refractivity contribution in [1.82, 2.24) is 0 Å². The SMILES string of the molecule is CCCC1C=CC(O)(C2CCC2)CC1. The monoisotopic (exact) mass is 194 g/mol. The van der Waals surface area contributed by atoms with E-state index in [0.29, 0.717) is 5.92 Å². The molecule has 0 aliphatic heterocycles. The molecule has 2 aliphatic carbocycles. The lowest BCUT2D eigenvalue weighted by atomic mass is 9.68. The van der Waals surface area contributed by atoms with Gasteiger partial charge in [0, 0.05) is 0 Å². The second-order valence-corrected chi connectivity index (χ2v) is 5.07. The van der Waals surface area contributed by atoms with Gasteiger partial charge in [0.05, 0.1) is 5.60 Å². The second kappa shape index (κ2) is 4.06. The van der Waals surface area contributed by atoms with Crippen LogP contribution in [0.1, 0.15) is 51.9 Å². The molecule has 0 bridgehead atoms. The highest BCUT2D eigenvalue weighted by Crippen LogP contribution is 2.42. The number of allylic oxidation sites excluding steroid dienone is 1. The Morgan fingerprint density at radius 2 is 2.14 bits per heavy atom. The van der Waals surface area contributed by atoms with Crippen LogP contribution >= 0.6 is 0 Å². The Balaban J connectivity index is 1.94. The molecule has 0 aromatic rings. The molecule has 1 heteroatoms. The van der Waals surface area contributed by atoms with Gasteiger partial charge >= 0.3 is 0 Å². The summed E-state index contributed by atoms with van der Waals surface area (Å²) in [6.07, 6.45) is 12.9. The van der Waals surface area contributed by atoms with Gasteiger partial charge in [-0.3, -0.25) is 0 Å². The molecule has 2 atom stereocenters. The van der Waals surface area contributed by atoms with E-state index >= 15 is 0 Å². The molecular formula is C13H22O. The van der Waals surface area contributed by atoms with E-state index in [2.05, 4.69) is 19.1 Å². The van der Waals surface area contributed by atoms with Crippen molar-refractivity contribution < 1.29 is 5.11 Å². The lowest BCUT2D eigenvalue weighted by Crippen LogP contribution is -2.41. The quantitative estimate of drug-likeness (QED) is 0.684. The van der Waals surface area contributed by atoms with Crippen molar-refractivity contribution in [3.63, 3.8) is 0 Å². The number of rotatable bonds is 3. The minimum absolute atomic E-state index is 0.428. The zero-order valence-electron chi connectivity index (χ0n) is 9.21. The van der Waals surface area contributed by atoms with Gasteiger partial charge in [0.25, 0.3) is 0 Å². The molecular weight excluding hydrogens is 172 g/mol. The summed E-state index contributed by atoms with van der Waals surface area (Å²) < 4.78 is 0. The molecule has 14 heavy (non-hydrogen) atoms. The molecule has 1 saturated carbocycles. The van der Waals surface area contributed by atoms with E-state index in [1.807, 2.05) is 0 Å². The maximum atomic E-state index is 10.4. The van der Waals surface area contributed by atoms with Crippen LogP contribution in [0.3, 0.4) is 0 Å². The fourth-order valence-corrected chi connectivity index (χ4v) is 2.76. The van der Waals surface area contributed by atoms with Gasteiger partial charge < -0.3 is 5.11 Å². The van der Waals surface area contributed by atoms with Crippen LogP contribution in [0.5, 0.6) is 0 Å². The van der Waals surface area contributed by atoms with Gasteiger partial charge in [-0.25, -0.2) is 0 Å². The first-order chi connectivity index (χ1) is 6.74. The normalized spacial score (nSPS) is 38.3. The van der Waals surface area contributed by atoms with Gasteiger partial charge in [-0.2, -0.15) is 0 Å². The zero-order chi connectivity index (χ0) is 10.0. The molecule has 0 heterocycles. The van der Waals surface area contributed by atoms with Crippen molar-refractivity contribution in [3.8, 4) is 0 Å². The third-order valence-electron chi connectivity index (χ3n) is 4.04. The van der Waals surface area contributed by atoms with Gasteiger partial charge in [0.2, 0.25) is 0 Å². The zero-order valence-corrected chi connectivity index (χ0v) is 9.21. The molecule has 0 spiro atoms. The maximum Gasteiger partial charge on any atom is 0.0856 e. The van der Waals surface area contributed by atoms with Crippen molar-refractivity contribution in [2.45, 2.75) is 57.5 Å². The predicted molar refractivity (Wildman–Crippen MR) is 59.1 cm³/mol. The third-order valence-corrected chi connectivity index (χ3v) is 4.04. The summed E-state index contributed by atoms with van der Waals surface area (Å²) in [5, 5.41) is 10.4. The highest BCUT2D eigenvalue weighted by atomic mass is 16.3. The van der Waals surface area contributed by atoms with Crippen LogP contribution < -0.4 is 0 Å². The summed E-state index contributed by atoms with van der Waals surface area (Å²) >= 11 is 0. The van der Waals surface area contributed by atoms with E-state index in [4.69, 9.17) is 0 Å². The summed E-state index contributed by atoms with van der Waals surface area (Å²) in [5.41, 5.74) is -0.428. The van der Waals surface area contributed by atoms with Crippen molar-refractivity contribution in [1.29, 1.82) is 0 Å². The van der Waals surface area contributed by atoms with Crippen molar-refractivity contribution >= 4 is 0 Å². The highest BCUT2D eigenvalue weighted by molar-refractivity contribution is 5.11. The largest absolute Gasteiger partial charge is 0.386 e. The first-order valence-corrected chi connectivity index (χ1v) is 6.16. The van der Waals surface area contributed by atoms with E-state index < -0.39 is 5.60 Å². The molecule has 1 fully saturated rings. The Bertz CT molecular complexity index is 217. The van der Waals surface area contributed by atoms with Gasteiger partial charge in [-0.05, 0) is 43.9 Å². The maximum absolute atomic E-state index is 10.4. The van der Waals surface area contributed by atoms with Gasteiger partial charge in [-0.15, -0.1) is 0 Å². The van der Waals surface area contributed by atoms with Crippen LogP contribution in [0, 0.1) is 11.8 Å². The Morgan fingerprint density at radius 3 is 2.57 bits per heavy atom. The fourth-order valence-electron chi connectivity index (χ4n) is 2.76. The van der Waals surface area contributed by atoms with Crippen molar-refractivity contribution in [2.75, 3.05) is 0 Å². The first-order valence-electron chi connectivity index (χ1n) is 6.16.